The molecule has 1 aromatic carbocycles. The van der Waals surface area contributed by atoms with Gasteiger partial charge in [0, 0.05) is 24.5 Å². The second-order valence-corrected chi connectivity index (χ2v) is 7.17. The number of nitrogens with zero attached hydrogens (tertiary/aromatic N) is 2. The van der Waals surface area contributed by atoms with Crippen LogP contribution >= 0.6 is 0 Å². The number of ether oxygens (including phenoxy) is 1. The highest BCUT2D eigenvalue weighted by molar-refractivity contribution is 5.78. The Kier molecular flexibility index (Phi) is 6.83. The number of nitrogens with one attached hydrogen (secondary N) is 1. The minimum Gasteiger partial charge on any atom is -0.450 e. The minimum absolute atomic E-state index is 0.168. The summed E-state index contributed by atoms with van der Waals surface area (Å²) < 4.78 is 19.0. The van der Waals surface area contributed by atoms with Crippen LogP contribution in [0.5, 0.6) is 0 Å². The van der Waals surface area contributed by atoms with Gasteiger partial charge in [0.25, 0.3) is 0 Å². The van der Waals surface area contributed by atoms with Gasteiger partial charge in [0.15, 0.2) is 5.96 Å². The van der Waals surface area contributed by atoms with Crippen molar-refractivity contribution in [1.82, 2.24) is 10.2 Å². The van der Waals surface area contributed by atoms with Crippen LogP contribution in [-0.2, 0) is 10.2 Å². The summed E-state index contributed by atoms with van der Waals surface area (Å²) in [6.07, 6.45) is 1.30. The Morgan fingerprint density at radius 1 is 1.38 bits per heavy atom. The van der Waals surface area contributed by atoms with Gasteiger partial charge in [-0.3, -0.25) is 4.99 Å². The van der Waals surface area contributed by atoms with Crippen LogP contribution in [0, 0.1) is 5.82 Å². The van der Waals surface area contributed by atoms with Crippen LogP contribution < -0.4 is 11.1 Å². The van der Waals surface area contributed by atoms with Gasteiger partial charge in [-0.15, -0.1) is 0 Å². The summed E-state index contributed by atoms with van der Waals surface area (Å²) in [7, 11) is 0. The topological polar surface area (TPSA) is 80.0 Å². The van der Waals surface area contributed by atoms with Crippen LogP contribution in [0.25, 0.3) is 0 Å². The molecule has 144 valence electrons. The molecule has 0 radical (unpaired) electrons. The smallest absolute Gasteiger partial charge is 0.409 e. The summed E-state index contributed by atoms with van der Waals surface area (Å²) >= 11 is 0. The number of halogens is 1. The Morgan fingerprint density at radius 3 is 2.65 bits per heavy atom. The van der Waals surface area contributed by atoms with Gasteiger partial charge in [-0.2, -0.15) is 0 Å². The number of likely N-dealkylation sites (tertiary alicyclic amines) is 1. The van der Waals surface area contributed by atoms with Crippen LogP contribution in [0.15, 0.2) is 29.3 Å². The fourth-order valence-electron chi connectivity index (χ4n) is 3.05. The van der Waals surface area contributed by atoms with Gasteiger partial charge in [-0.25, -0.2) is 9.18 Å². The maximum atomic E-state index is 14.0. The number of piperidine rings is 1. The summed E-state index contributed by atoms with van der Waals surface area (Å²) in [4.78, 5) is 17.8. The van der Waals surface area contributed by atoms with Crippen molar-refractivity contribution >= 4 is 12.1 Å². The number of carbonyl (C=O) groups excluding carboxylic acids is 1. The molecule has 7 heteroatoms. The molecular weight excluding hydrogens is 335 g/mol. The van der Waals surface area contributed by atoms with Crippen LogP contribution in [0.1, 0.15) is 39.2 Å². The zero-order valence-corrected chi connectivity index (χ0v) is 15.8. The van der Waals surface area contributed by atoms with Gasteiger partial charge in [-0.05, 0) is 31.4 Å². The van der Waals surface area contributed by atoms with E-state index >= 15 is 0 Å². The van der Waals surface area contributed by atoms with Crippen molar-refractivity contribution in [2.24, 2.45) is 10.7 Å². The monoisotopic (exact) mass is 364 g/mol. The Morgan fingerprint density at radius 2 is 2.04 bits per heavy atom. The number of amides is 1. The summed E-state index contributed by atoms with van der Waals surface area (Å²) in [5.74, 6) is 0.120. The number of hydrogen-bond acceptors (Lipinski definition) is 3. The predicted octanol–water partition coefficient (Wildman–Crippen LogP) is 2.63. The molecule has 0 saturated carbocycles. The van der Waals surface area contributed by atoms with Crippen molar-refractivity contribution in [3.63, 3.8) is 0 Å². The number of benzene rings is 1. The van der Waals surface area contributed by atoms with Crippen molar-refractivity contribution in [1.29, 1.82) is 0 Å². The first-order valence-corrected chi connectivity index (χ1v) is 9.06. The van der Waals surface area contributed by atoms with Crippen LogP contribution in [0.3, 0.4) is 0 Å². The molecule has 1 fully saturated rings. The third kappa shape index (κ3) is 5.34. The molecule has 1 aliphatic heterocycles. The largest absolute Gasteiger partial charge is 0.450 e. The van der Waals surface area contributed by atoms with Gasteiger partial charge in [0.2, 0.25) is 0 Å². The number of aliphatic imine (C=N–C) groups is 1. The molecule has 3 N–H and O–H groups in total. The highest BCUT2D eigenvalue weighted by Crippen LogP contribution is 2.25. The third-order valence-corrected chi connectivity index (χ3v) is 4.62. The molecule has 1 aliphatic rings. The van der Waals surface area contributed by atoms with E-state index in [2.05, 4.69) is 10.3 Å². The zero-order valence-electron chi connectivity index (χ0n) is 15.8. The van der Waals surface area contributed by atoms with Crippen molar-refractivity contribution in [2.45, 2.75) is 45.1 Å². The molecule has 26 heavy (non-hydrogen) atoms. The lowest BCUT2D eigenvalue weighted by atomic mass is 9.84. The quantitative estimate of drug-likeness (QED) is 0.622. The van der Waals surface area contributed by atoms with E-state index in [1.807, 2.05) is 19.9 Å². The van der Waals surface area contributed by atoms with E-state index in [-0.39, 0.29) is 18.0 Å². The fraction of sp³-hybridized carbons (Fsp3) is 0.579. The average molecular weight is 364 g/mol. The van der Waals surface area contributed by atoms with Crippen molar-refractivity contribution in [2.75, 3.05) is 26.2 Å². The van der Waals surface area contributed by atoms with E-state index in [9.17, 15) is 9.18 Å². The molecule has 1 saturated heterocycles. The molecule has 0 aromatic heterocycles. The molecular formula is C19H29FN4O2. The molecule has 1 heterocycles. The molecule has 1 aromatic rings. The van der Waals surface area contributed by atoms with Crippen LogP contribution in [0.2, 0.25) is 0 Å². The molecule has 0 atom stereocenters. The van der Waals surface area contributed by atoms with Gasteiger partial charge in [-0.1, -0.05) is 32.0 Å². The standard InChI is InChI=1S/C19H29FN4O2/c1-4-26-18(25)24-11-9-14(10-12-24)23-17(21)22-13-19(2,3)15-7-5-6-8-16(15)20/h5-8,14H,4,9-13H2,1-3H3,(H3,21,22,23). The zero-order chi connectivity index (χ0) is 19.2. The summed E-state index contributed by atoms with van der Waals surface area (Å²) in [5, 5.41) is 3.20. The van der Waals surface area contributed by atoms with E-state index in [4.69, 9.17) is 10.5 Å². The van der Waals surface area contributed by atoms with Crippen LogP contribution in [0.4, 0.5) is 9.18 Å². The minimum atomic E-state index is -0.453. The lowest BCUT2D eigenvalue weighted by Gasteiger charge is -2.32. The van der Waals surface area contributed by atoms with Crippen molar-refractivity contribution in [3.8, 4) is 0 Å². The number of hydrogen-bond donors (Lipinski definition) is 2. The first-order valence-electron chi connectivity index (χ1n) is 9.06. The lowest BCUT2D eigenvalue weighted by molar-refractivity contribution is 0.0963. The molecule has 0 aliphatic carbocycles. The summed E-state index contributed by atoms with van der Waals surface area (Å²) in [6, 6.07) is 6.90. The summed E-state index contributed by atoms with van der Waals surface area (Å²) in [6.45, 7) is 7.71. The Balaban J connectivity index is 1.85. The van der Waals surface area contributed by atoms with E-state index in [0.29, 0.717) is 37.8 Å². The predicted molar refractivity (Wildman–Crippen MR) is 101 cm³/mol. The number of nitrogens with two attached hydrogens (primary N) is 1. The van der Waals surface area contributed by atoms with E-state index in [1.165, 1.54) is 6.07 Å². The number of guanidine groups is 1. The van der Waals surface area contributed by atoms with E-state index in [0.717, 1.165) is 12.8 Å². The first-order chi connectivity index (χ1) is 12.3. The third-order valence-electron chi connectivity index (χ3n) is 4.62. The average Bonchev–Trinajstić information content (AvgIpc) is 2.61. The lowest BCUT2D eigenvalue weighted by Crippen LogP contribution is -2.48. The second kappa shape index (κ2) is 8.87. The second-order valence-electron chi connectivity index (χ2n) is 7.17. The number of rotatable bonds is 5. The van der Waals surface area contributed by atoms with Crippen molar-refractivity contribution < 1.29 is 13.9 Å². The maximum absolute atomic E-state index is 14.0. The number of carbonyl (C=O) groups is 1. The van der Waals surface area contributed by atoms with Gasteiger partial charge >= 0.3 is 6.09 Å². The van der Waals surface area contributed by atoms with Gasteiger partial charge in [0.1, 0.15) is 5.82 Å². The van der Waals surface area contributed by atoms with E-state index in [1.54, 1.807) is 24.0 Å². The Bertz CT molecular complexity index is 640. The van der Waals surface area contributed by atoms with Crippen LogP contribution in [-0.4, -0.2) is 49.2 Å². The SMILES string of the molecule is CCOC(=O)N1CCC(NC(N)=NCC(C)(C)c2ccccc2F)CC1. The van der Waals surface area contributed by atoms with Gasteiger partial charge < -0.3 is 20.7 Å². The Hall–Kier alpha value is -2.31. The van der Waals surface area contributed by atoms with E-state index < -0.39 is 5.41 Å². The molecule has 2 rings (SSSR count). The molecule has 0 bridgehead atoms. The highest BCUT2D eigenvalue weighted by atomic mass is 19.1. The fourth-order valence-corrected chi connectivity index (χ4v) is 3.05. The highest BCUT2D eigenvalue weighted by Gasteiger charge is 2.25. The van der Waals surface area contributed by atoms with Crippen molar-refractivity contribution in [3.05, 3.63) is 35.6 Å². The van der Waals surface area contributed by atoms with Gasteiger partial charge in [0.05, 0.1) is 13.2 Å². The molecule has 0 spiro atoms. The Labute approximate surface area is 154 Å². The molecule has 1 amide bonds. The molecule has 6 nitrogen and oxygen atoms in total. The summed E-state index contributed by atoms with van der Waals surface area (Å²) in [5.41, 5.74) is 6.18. The normalized spacial score (nSPS) is 16.5. The first kappa shape index (κ1) is 20.0. The molecule has 0 unspecified atom stereocenters. The maximum Gasteiger partial charge on any atom is 0.409 e.